The van der Waals surface area contributed by atoms with Gasteiger partial charge in [-0.25, -0.2) is 4.68 Å². The second-order valence-electron chi connectivity index (χ2n) is 5.02. The van der Waals surface area contributed by atoms with E-state index in [0.717, 1.165) is 18.0 Å². The van der Waals surface area contributed by atoms with Crippen LogP contribution < -0.4 is 0 Å². The van der Waals surface area contributed by atoms with Crippen molar-refractivity contribution in [2.75, 3.05) is 0 Å². The Balaban J connectivity index is 1.74. The van der Waals surface area contributed by atoms with Gasteiger partial charge in [0.15, 0.2) is 0 Å². The maximum Gasteiger partial charge on any atom is 0.273 e. The van der Waals surface area contributed by atoms with E-state index in [2.05, 4.69) is 15.5 Å². The van der Waals surface area contributed by atoms with Crippen LogP contribution >= 0.6 is 11.8 Å². The quantitative estimate of drug-likeness (QED) is 0.479. The van der Waals surface area contributed by atoms with Crippen LogP contribution in [0.15, 0.2) is 29.4 Å². The molecule has 3 rings (SSSR count). The molecule has 2 aromatic rings. The van der Waals surface area contributed by atoms with E-state index < -0.39 is 0 Å². The lowest BCUT2D eigenvalue weighted by Gasteiger charge is -2.10. The molecule has 1 aromatic heterocycles. The predicted molar refractivity (Wildman–Crippen MR) is 78.0 cm³/mol. The van der Waals surface area contributed by atoms with Crippen molar-refractivity contribution in [3.8, 4) is 0 Å². The minimum atomic E-state index is -0.351. The first-order chi connectivity index (χ1) is 10.3. The van der Waals surface area contributed by atoms with Crippen LogP contribution in [0.2, 0.25) is 0 Å². The van der Waals surface area contributed by atoms with Gasteiger partial charge in [0.05, 0.1) is 11.0 Å². The minimum absolute atomic E-state index is 0.143. The Morgan fingerprint density at radius 1 is 1.33 bits per heavy atom. The molecule has 0 unspecified atom stereocenters. The predicted octanol–water partition coefficient (Wildman–Crippen LogP) is 2.99. The van der Waals surface area contributed by atoms with Crippen molar-refractivity contribution in [3.63, 3.8) is 0 Å². The molecule has 0 atom stereocenters. The zero-order valence-electron chi connectivity index (χ0n) is 11.4. The third kappa shape index (κ3) is 3.05. The molecule has 1 heterocycles. The van der Waals surface area contributed by atoms with E-state index in [1.165, 1.54) is 30.7 Å². The highest BCUT2D eigenvalue weighted by molar-refractivity contribution is 7.98. The topological polar surface area (TPSA) is 86.7 Å². The van der Waals surface area contributed by atoms with E-state index in [1.54, 1.807) is 12.1 Å². The average Bonchev–Trinajstić information content (AvgIpc) is 3.16. The molecule has 21 heavy (non-hydrogen) atoms. The van der Waals surface area contributed by atoms with E-state index in [0.29, 0.717) is 17.4 Å². The van der Waals surface area contributed by atoms with Gasteiger partial charge in [-0.2, -0.15) is 0 Å². The minimum Gasteiger partial charge on any atom is -0.258 e. The van der Waals surface area contributed by atoms with Gasteiger partial charge in [0, 0.05) is 17.4 Å². The molecule has 8 heteroatoms. The van der Waals surface area contributed by atoms with E-state index in [-0.39, 0.29) is 10.6 Å². The number of benzene rings is 1. The van der Waals surface area contributed by atoms with E-state index in [1.807, 2.05) is 10.7 Å². The molecule has 0 amide bonds. The molecule has 0 spiro atoms. The van der Waals surface area contributed by atoms with Crippen molar-refractivity contribution in [2.45, 2.75) is 42.6 Å². The summed E-state index contributed by atoms with van der Waals surface area (Å²) in [6.07, 6.45) is 4.62. The number of thioether (sulfide) groups is 1. The first-order valence-corrected chi connectivity index (χ1v) is 7.87. The zero-order chi connectivity index (χ0) is 14.7. The lowest BCUT2D eigenvalue weighted by molar-refractivity contribution is -0.385. The Kier molecular flexibility index (Phi) is 4.14. The Labute approximate surface area is 125 Å². The molecule has 1 aliphatic carbocycles. The molecule has 1 saturated carbocycles. The second-order valence-corrected chi connectivity index (χ2v) is 5.96. The van der Waals surface area contributed by atoms with Gasteiger partial charge < -0.3 is 0 Å². The van der Waals surface area contributed by atoms with Crippen LogP contribution in [0.3, 0.4) is 0 Å². The fourth-order valence-corrected chi connectivity index (χ4v) is 3.55. The highest BCUT2D eigenvalue weighted by atomic mass is 32.2. The van der Waals surface area contributed by atoms with E-state index in [9.17, 15) is 10.1 Å². The second kappa shape index (κ2) is 6.21. The summed E-state index contributed by atoms with van der Waals surface area (Å²) in [6.45, 7) is 0. The molecule has 7 nitrogen and oxygen atoms in total. The van der Waals surface area contributed by atoms with Crippen molar-refractivity contribution >= 4 is 17.4 Å². The van der Waals surface area contributed by atoms with Crippen LogP contribution in [-0.4, -0.2) is 25.1 Å². The average molecular weight is 305 g/mol. The number of nitro benzene ring substituents is 1. The number of hydrogen-bond acceptors (Lipinski definition) is 6. The monoisotopic (exact) mass is 305 g/mol. The highest BCUT2D eigenvalue weighted by Crippen LogP contribution is 2.33. The smallest absolute Gasteiger partial charge is 0.258 e. The fourth-order valence-electron chi connectivity index (χ4n) is 2.61. The molecular weight excluding hydrogens is 290 g/mol. The number of hydrogen-bond donors (Lipinski definition) is 0. The Morgan fingerprint density at radius 3 is 2.86 bits per heavy atom. The largest absolute Gasteiger partial charge is 0.273 e. The molecule has 1 aromatic carbocycles. The van der Waals surface area contributed by atoms with Crippen LogP contribution in [0.5, 0.6) is 0 Å². The molecule has 0 radical (unpaired) electrons. The van der Waals surface area contributed by atoms with Gasteiger partial charge in [-0.15, -0.1) is 5.10 Å². The third-order valence-corrected chi connectivity index (χ3v) is 4.66. The standard InChI is InChI=1S/C13H15N5O2S/c19-18(20)12-8-4-1-5-10(12)9-21-13-14-15-16-17(13)11-6-2-3-7-11/h1,4-5,8,11H,2-3,6-7,9H2. The van der Waals surface area contributed by atoms with Gasteiger partial charge in [0.25, 0.3) is 5.69 Å². The summed E-state index contributed by atoms with van der Waals surface area (Å²) >= 11 is 1.45. The SMILES string of the molecule is O=[N+]([O-])c1ccccc1CSc1nnnn1C1CCCC1. The van der Waals surface area contributed by atoms with Crippen molar-refractivity contribution in [3.05, 3.63) is 39.9 Å². The van der Waals surface area contributed by atoms with Gasteiger partial charge in [-0.05, 0) is 23.3 Å². The summed E-state index contributed by atoms with van der Waals surface area (Å²) in [4.78, 5) is 10.7. The third-order valence-electron chi connectivity index (χ3n) is 3.68. The van der Waals surface area contributed by atoms with Crippen molar-refractivity contribution < 1.29 is 4.92 Å². The first kappa shape index (κ1) is 14.0. The summed E-state index contributed by atoms with van der Waals surface area (Å²) in [7, 11) is 0. The number of rotatable bonds is 5. The Morgan fingerprint density at radius 2 is 2.10 bits per heavy atom. The van der Waals surface area contributed by atoms with Crippen LogP contribution in [0, 0.1) is 10.1 Å². The zero-order valence-corrected chi connectivity index (χ0v) is 12.2. The maximum atomic E-state index is 11.0. The summed E-state index contributed by atoms with van der Waals surface area (Å²) in [5.74, 6) is 0.490. The first-order valence-electron chi connectivity index (χ1n) is 6.88. The fraction of sp³-hybridized carbons (Fsp3) is 0.462. The molecule has 0 bridgehead atoms. The van der Waals surface area contributed by atoms with Crippen LogP contribution in [0.4, 0.5) is 5.69 Å². The summed E-state index contributed by atoms with van der Waals surface area (Å²) in [6, 6.07) is 7.15. The Bertz CT molecular complexity index is 639. The number of tetrazole rings is 1. The van der Waals surface area contributed by atoms with Gasteiger partial charge in [0.1, 0.15) is 0 Å². The number of para-hydroxylation sites is 1. The summed E-state index contributed by atoms with van der Waals surface area (Å²) in [5, 5.41) is 23.6. The summed E-state index contributed by atoms with van der Waals surface area (Å²) < 4.78 is 1.87. The number of aromatic nitrogens is 4. The maximum absolute atomic E-state index is 11.0. The number of nitrogens with zero attached hydrogens (tertiary/aromatic N) is 5. The van der Waals surface area contributed by atoms with Crippen molar-refractivity contribution in [1.29, 1.82) is 0 Å². The molecule has 1 aliphatic rings. The van der Waals surface area contributed by atoms with Gasteiger partial charge >= 0.3 is 0 Å². The normalized spacial score (nSPS) is 15.4. The molecule has 0 N–H and O–H groups in total. The highest BCUT2D eigenvalue weighted by Gasteiger charge is 2.22. The molecular formula is C13H15N5O2S. The van der Waals surface area contributed by atoms with Gasteiger partial charge in [-0.3, -0.25) is 10.1 Å². The molecule has 0 aliphatic heterocycles. The van der Waals surface area contributed by atoms with Crippen LogP contribution in [0.25, 0.3) is 0 Å². The number of nitro groups is 1. The van der Waals surface area contributed by atoms with Crippen molar-refractivity contribution in [2.24, 2.45) is 0 Å². The molecule has 110 valence electrons. The van der Waals surface area contributed by atoms with Crippen LogP contribution in [-0.2, 0) is 5.75 Å². The van der Waals surface area contributed by atoms with E-state index >= 15 is 0 Å². The van der Waals surface area contributed by atoms with Gasteiger partial charge in [-0.1, -0.05) is 42.8 Å². The van der Waals surface area contributed by atoms with Crippen molar-refractivity contribution in [1.82, 2.24) is 20.2 Å². The lowest BCUT2D eigenvalue weighted by Crippen LogP contribution is -2.08. The van der Waals surface area contributed by atoms with E-state index in [4.69, 9.17) is 0 Å². The molecule has 0 saturated heterocycles. The summed E-state index contributed by atoms with van der Waals surface area (Å²) in [5.41, 5.74) is 0.832. The van der Waals surface area contributed by atoms with Gasteiger partial charge in [0.2, 0.25) is 5.16 Å². The van der Waals surface area contributed by atoms with Crippen LogP contribution in [0.1, 0.15) is 37.3 Å². The lowest BCUT2D eigenvalue weighted by atomic mass is 10.2. The Hall–Kier alpha value is -1.96. The molecule has 1 fully saturated rings.